The Morgan fingerprint density at radius 2 is 2.15 bits per heavy atom. The van der Waals surface area contributed by atoms with Gasteiger partial charge in [-0.15, -0.1) is 11.8 Å². The van der Waals surface area contributed by atoms with Crippen LogP contribution in [-0.2, 0) is 6.61 Å². The Kier molecular flexibility index (Phi) is 6.91. The molecule has 0 aliphatic carbocycles. The molecule has 0 saturated heterocycles. The van der Waals surface area contributed by atoms with Gasteiger partial charge in [-0.3, -0.25) is 0 Å². The molecule has 0 bridgehead atoms. The molecule has 0 radical (unpaired) electrons. The van der Waals surface area contributed by atoms with Gasteiger partial charge in [-0.2, -0.15) is 0 Å². The first-order valence-electron chi connectivity index (χ1n) is 3.63. The van der Waals surface area contributed by atoms with Crippen LogP contribution in [0.25, 0.3) is 0 Å². The van der Waals surface area contributed by atoms with E-state index >= 15 is 0 Å². The third-order valence-corrected chi connectivity index (χ3v) is 2.39. The number of hydrogen-bond donors (Lipinski definition) is 1. The van der Waals surface area contributed by atoms with Crippen LogP contribution in [0.4, 0.5) is 0 Å². The average Bonchev–Trinajstić information content (AvgIpc) is 2.16. The molecule has 0 heterocycles. The maximum absolute atomic E-state index is 8.93. The molecule has 0 saturated carbocycles. The molecule has 13 heavy (non-hydrogen) atoms. The van der Waals surface area contributed by atoms with E-state index < -0.39 is 0 Å². The van der Waals surface area contributed by atoms with Gasteiger partial charge in [0.25, 0.3) is 0 Å². The molecule has 2 nitrogen and oxygen atoms in total. The molecule has 0 aliphatic heterocycles. The van der Waals surface area contributed by atoms with E-state index in [0.29, 0.717) is 0 Å². The van der Waals surface area contributed by atoms with Gasteiger partial charge in [0.1, 0.15) is 5.75 Å². The van der Waals surface area contributed by atoms with Crippen molar-refractivity contribution in [3.8, 4) is 5.75 Å². The number of aliphatic hydroxyl groups excluding tert-OH is 1. The first kappa shape index (κ1) is 13.3. The average molecular weight is 208 g/mol. The number of aliphatic hydroxyl groups is 1. The molecule has 68 valence electrons. The number of thioether (sulfide) groups is 1. The summed E-state index contributed by atoms with van der Waals surface area (Å²) in [6, 6.07) is 5.78. The Bertz CT molecular complexity index is 266. The predicted molar refractivity (Wildman–Crippen MR) is 57.8 cm³/mol. The first-order valence-corrected chi connectivity index (χ1v) is 4.86. The maximum atomic E-state index is 8.93. The van der Waals surface area contributed by atoms with Crippen LogP contribution < -0.4 is 4.74 Å². The SMILES string of the molecule is COc1cc(SC)ccc1CO.[NaH]. The van der Waals surface area contributed by atoms with Gasteiger partial charge in [0.2, 0.25) is 0 Å². The van der Waals surface area contributed by atoms with Crippen LogP contribution in [0.2, 0.25) is 0 Å². The summed E-state index contributed by atoms with van der Waals surface area (Å²) in [6.45, 7) is 0.0256. The fraction of sp³-hybridized carbons (Fsp3) is 0.333. The summed E-state index contributed by atoms with van der Waals surface area (Å²) in [4.78, 5) is 1.14. The number of ether oxygens (including phenoxy) is 1. The van der Waals surface area contributed by atoms with Crippen LogP contribution in [-0.4, -0.2) is 48.0 Å². The van der Waals surface area contributed by atoms with Gasteiger partial charge in [-0.1, -0.05) is 6.07 Å². The van der Waals surface area contributed by atoms with E-state index in [1.807, 2.05) is 24.5 Å². The van der Waals surface area contributed by atoms with Crippen molar-refractivity contribution in [1.82, 2.24) is 0 Å². The Morgan fingerprint density at radius 3 is 2.62 bits per heavy atom. The number of rotatable bonds is 3. The van der Waals surface area contributed by atoms with Crippen LogP contribution >= 0.6 is 11.8 Å². The van der Waals surface area contributed by atoms with Crippen molar-refractivity contribution in [3.63, 3.8) is 0 Å². The Balaban J connectivity index is 0.00000144. The van der Waals surface area contributed by atoms with E-state index in [1.54, 1.807) is 18.9 Å². The molecule has 0 aliphatic rings. The summed E-state index contributed by atoms with van der Waals surface area (Å²) >= 11 is 1.66. The van der Waals surface area contributed by atoms with E-state index in [-0.39, 0.29) is 36.2 Å². The molecule has 1 rings (SSSR count). The third-order valence-electron chi connectivity index (χ3n) is 1.66. The van der Waals surface area contributed by atoms with Crippen molar-refractivity contribution >= 4 is 41.3 Å². The van der Waals surface area contributed by atoms with E-state index in [2.05, 4.69) is 0 Å². The van der Waals surface area contributed by atoms with Gasteiger partial charge in [0.15, 0.2) is 0 Å². The molecule has 0 aromatic heterocycles. The quantitative estimate of drug-likeness (QED) is 0.599. The van der Waals surface area contributed by atoms with E-state index in [1.165, 1.54) is 0 Å². The zero-order valence-corrected chi connectivity index (χ0v) is 8.02. The topological polar surface area (TPSA) is 29.5 Å². The van der Waals surface area contributed by atoms with Crippen molar-refractivity contribution < 1.29 is 9.84 Å². The van der Waals surface area contributed by atoms with Crippen LogP contribution in [0.5, 0.6) is 5.75 Å². The molecule has 0 unspecified atom stereocenters. The van der Waals surface area contributed by atoms with Gasteiger partial charge in [0, 0.05) is 10.5 Å². The molecule has 0 atom stereocenters. The zero-order chi connectivity index (χ0) is 8.97. The van der Waals surface area contributed by atoms with Crippen molar-refractivity contribution in [2.24, 2.45) is 0 Å². The summed E-state index contributed by atoms with van der Waals surface area (Å²) in [7, 11) is 1.61. The first-order chi connectivity index (χ1) is 5.81. The van der Waals surface area contributed by atoms with Crippen LogP contribution in [0.15, 0.2) is 23.1 Å². The zero-order valence-electron chi connectivity index (χ0n) is 7.20. The molecule has 0 fully saturated rings. The van der Waals surface area contributed by atoms with Crippen LogP contribution in [0, 0.1) is 0 Å². The summed E-state index contributed by atoms with van der Waals surface area (Å²) in [6.07, 6.45) is 2.01. The summed E-state index contributed by atoms with van der Waals surface area (Å²) in [5.41, 5.74) is 0.829. The Labute approximate surface area is 105 Å². The van der Waals surface area contributed by atoms with Crippen molar-refractivity contribution in [3.05, 3.63) is 23.8 Å². The van der Waals surface area contributed by atoms with Gasteiger partial charge in [-0.25, -0.2) is 0 Å². The summed E-state index contributed by atoms with van der Waals surface area (Å²) in [5, 5.41) is 8.93. The fourth-order valence-electron chi connectivity index (χ4n) is 0.982. The molecular weight excluding hydrogens is 195 g/mol. The van der Waals surface area contributed by atoms with E-state index in [9.17, 15) is 0 Å². The van der Waals surface area contributed by atoms with Crippen LogP contribution in [0.3, 0.4) is 0 Å². The molecule has 1 aromatic carbocycles. The van der Waals surface area contributed by atoms with Crippen molar-refractivity contribution in [2.75, 3.05) is 13.4 Å². The van der Waals surface area contributed by atoms with Gasteiger partial charge in [0.05, 0.1) is 13.7 Å². The van der Waals surface area contributed by atoms with E-state index in [0.717, 1.165) is 16.2 Å². The fourth-order valence-corrected chi connectivity index (χ4v) is 1.41. The van der Waals surface area contributed by atoms with Crippen molar-refractivity contribution in [2.45, 2.75) is 11.5 Å². The molecule has 0 amide bonds. The van der Waals surface area contributed by atoms with Gasteiger partial charge >= 0.3 is 29.6 Å². The van der Waals surface area contributed by atoms with Gasteiger partial charge < -0.3 is 9.84 Å². The molecule has 1 aromatic rings. The third kappa shape index (κ3) is 3.52. The molecule has 4 heteroatoms. The molecular formula is C9H13NaO2S. The minimum atomic E-state index is 0. The predicted octanol–water partition coefficient (Wildman–Crippen LogP) is 1.26. The molecule has 1 N–H and O–H groups in total. The van der Waals surface area contributed by atoms with E-state index in [4.69, 9.17) is 9.84 Å². The summed E-state index contributed by atoms with van der Waals surface area (Å²) in [5.74, 6) is 0.754. The minimum absolute atomic E-state index is 0. The van der Waals surface area contributed by atoms with Gasteiger partial charge in [-0.05, 0) is 18.4 Å². The normalized spacial score (nSPS) is 9.15. The monoisotopic (exact) mass is 208 g/mol. The van der Waals surface area contributed by atoms with Crippen molar-refractivity contribution in [1.29, 1.82) is 0 Å². The second-order valence-corrected chi connectivity index (χ2v) is 3.22. The standard InChI is InChI=1S/C9H12O2S.Na.H/c1-11-9-5-8(12-2)4-3-7(9)6-10;;/h3-5,10H,6H2,1-2H3;;. The Morgan fingerprint density at radius 1 is 1.46 bits per heavy atom. The molecule has 0 spiro atoms. The Hall–Kier alpha value is 0.330. The summed E-state index contributed by atoms with van der Waals surface area (Å²) < 4.78 is 5.11. The number of benzene rings is 1. The van der Waals surface area contributed by atoms with Crippen LogP contribution in [0.1, 0.15) is 5.56 Å². The number of methoxy groups -OCH3 is 1. The second kappa shape index (κ2) is 6.74. The second-order valence-electron chi connectivity index (χ2n) is 2.34. The number of hydrogen-bond acceptors (Lipinski definition) is 3.